The standard InChI is InChI=1S/C15H18ClN/c16-10-14-9-13-8-12(6-7-15(13)17-14)11-4-2-1-3-5-11/h1-5,12-14H,6-10H2/t12-,13+,14?/m0/s1. The maximum atomic E-state index is 5.92. The van der Waals surface area contributed by atoms with Crippen molar-refractivity contribution in [3.63, 3.8) is 0 Å². The van der Waals surface area contributed by atoms with E-state index in [2.05, 4.69) is 30.3 Å². The maximum absolute atomic E-state index is 5.92. The smallest absolute Gasteiger partial charge is 0.0640 e. The van der Waals surface area contributed by atoms with Crippen molar-refractivity contribution in [3.8, 4) is 0 Å². The molecule has 0 amide bonds. The SMILES string of the molecule is ClCC1C[C@H]2C[C@@H](c3ccccc3)CCC2=N1. The highest BCUT2D eigenvalue weighted by atomic mass is 35.5. The van der Waals surface area contributed by atoms with Gasteiger partial charge in [-0.05, 0) is 43.1 Å². The summed E-state index contributed by atoms with van der Waals surface area (Å²) in [6.07, 6.45) is 4.89. The molecule has 1 saturated carbocycles. The molecule has 1 fully saturated rings. The van der Waals surface area contributed by atoms with Crippen molar-refractivity contribution in [2.24, 2.45) is 10.9 Å². The molecule has 1 aliphatic heterocycles. The van der Waals surface area contributed by atoms with Crippen molar-refractivity contribution < 1.29 is 0 Å². The summed E-state index contributed by atoms with van der Waals surface area (Å²) < 4.78 is 0. The molecule has 3 rings (SSSR count). The lowest BCUT2D eigenvalue weighted by Crippen LogP contribution is -2.21. The van der Waals surface area contributed by atoms with E-state index in [1.807, 2.05) is 0 Å². The Labute approximate surface area is 108 Å². The third-order valence-electron chi connectivity index (χ3n) is 4.14. The van der Waals surface area contributed by atoms with Crippen molar-refractivity contribution in [1.29, 1.82) is 0 Å². The minimum atomic E-state index is 0.395. The van der Waals surface area contributed by atoms with Gasteiger partial charge >= 0.3 is 0 Å². The first-order chi connectivity index (χ1) is 8.36. The molecule has 1 heterocycles. The molecular formula is C15H18ClN. The van der Waals surface area contributed by atoms with Gasteiger partial charge in [0.2, 0.25) is 0 Å². The lowest BCUT2D eigenvalue weighted by molar-refractivity contribution is 0.454. The van der Waals surface area contributed by atoms with E-state index in [-0.39, 0.29) is 0 Å². The Kier molecular flexibility index (Phi) is 3.19. The van der Waals surface area contributed by atoms with Gasteiger partial charge in [0.05, 0.1) is 6.04 Å². The van der Waals surface area contributed by atoms with Crippen LogP contribution in [-0.4, -0.2) is 17.6 Å². The normalized spacial score (nSPS) is 32.1. The molecule has 0 bridgehead atoms. The van der Waals surface area contributed by atoms with Crippen LogP contribution >= 0.6 is 11.6 Å². The van der Waals surface area contributed by atoms with Crippen molar-refractivity contribution in [2.75, 3.05) is 5.88 Å². The van der Waals surface area contributed by atoms with Gasteiger partial charge in [-0.25, -0.2) is 0 Å². The summed E-state index contributed by atoms with van der Waals surface area (Å²) >= 11 is 5.92. The second-order valence-corrected chi connectivity index (χ2v) is 5.55. The molecule has 1 unspecified atom stereocenters. The van der Waals surface area contributed by atoms with E-state index in [9.17, 15) is 0 Å². The Bertz CT molecular complexity index is 412. The fraction of sp³-hybridized carbons (Fsp3) is 0.533. The Hall–Kier alpha value is -0.820. The van der Waals surface area contributed by atoms with Gasteiger partial charge in [-0.15, -0.1) is 11.6 Å². The molecule has 0 aromatic heterocycles. The van der Waals surface area contributed by atoms with Crippen LogP contribution in [0.4, 0.5) is 0 Å². The first kappa shape index (κ1) is 11.3. The van der Waals surface area contributed by atoms with Crippen molar-refractivity contribution in [2.45, 2.75) is 37.6 Å². The summed E-state index contributed by atoms with van der Waals surface area (Å²) in [6, 6.07) is 11.3. The molecular weight excluding hydrogens is 230 g/mol. The van der Waals surface area contributed by atoms with Crippen LogP contribution in [-0.2, 0) is 0 Å². The van der Waals surface area contributed by atoms with E-state index in [1.54, 1.807) is 0 Å². The molecule has 1 nitrogen and oxygen atoms in total. The number of alkyl halides is 1. The molecule has 0 spiro atoms. The molecule has 0 N–H and O–H groups in total. The van der Waals surface area contributed by atoms with E-state index in [4.69, 9.17) is 16.6 Å². The molecule has 90 valence electrons. The minimum absolute atomic E-state index is 0.395. The molecule has 0 saturated heterocycles. The summed E-state index contributed by atoms with van der Waals surface area (Å²) in [7, 11) is 0. The number of fused-ring (bicyclic) bond motifs is 1. The van der Waals surface area contributed by atoms with Crippen LogP contribution < -0.4 is 0 Å². The summed E-state index contributed by atoms with van der Waals surface area (Å²) in [4.78, 5) is 4.74. The summed E-state index contributed by atoms with van der Waals surface area (Å²) in [6.45, 7) is 0. The summed E-state index contributed by atoms with van der Waals surface area (Å²) in [5.41, 5.74) is 2.95. The Balaban J connectivity index is 1.72. The predicted octanol–water partition coefficient (Wildman–Crippen LogP) is 4.02. The number of benzene rings is 1. The highest BCUT2D eigenvalue weighted by molar-refractivity contribution is 6.18. The van der Waals surface area contributed by atoms with Crippen molar-refractivity contribution >= 4 is 17.3 Å². The van der Waals surface area contributed by atoms with Gasteiger partial charge in [0.1, 0.15) is 0 Å². The second kappa shape index (κ2) is 4.81. The molecule has 2 heteroatoms. The first-order valence-electron chi connectivity index (χ1n) is 6.54. The predicted molar refractivity (Wildman–Crippen MR) is 73.1 cm³/mol. The molecule has 1 aliphatic carbocycles. The fourth-order valence-corrected chi connectivity index (χ4v) is 3.46. The second-order valence-electron chi connectivity index (χ2n) is 5.24. The number of rotatable bonds is 2. The highest BCUT2D eigenvalue weighted by Crippen LogP contribution is 2.40. The van der Waals surface area contributed by atoms with Crippen LogP contribution in [0.3, 0.4) is 0 Å². The Morgan fingerprint density at radius 3 is 2.71 bits per heavy atom. The molecule has 1 aromatic rings. The lowest BCUT2D eigenvalue weighted by Gasteiger charge is -2.27. The lowest BCUT2D eigenvalue weighted by atomic mass is 9.76. The number of halogens is 1. The van der Waals surface area contributed by atoms with Crippen LogP contribution in [0.15, 0.2) is 35.3 Å². The van der Waals surface area contributed by atoms with Gasteiger partial charge in [-0.1, -0.05) is 30.3 Å². The zero-order valence-electron chi connectivity index (χ0n) is 9.98. The third-order valence-corrected chi connectivity index (χ3v) is 4.50. The molecule has 2 aliphatic rings. The van der Waals surface area contributed by atoms with E-state index in [0.29, 0.717) is 17.8 Å². The van der Waals surface area contributed by atoms with Crippen LogP contribution in [0.25, 0.3) is 0 Å². The Morgan fingerprint density at radius 2 is 1.94 bits per heavy atom. The quantitative estimate of drug-likeness (QED) is 0.700. The van der Waals surface area contributed by atoms with Crippen LogP contribution in [0, 0.1) is 5.92 Å². The van der Waals surface area contributed by atoms with E-state index in [0.717, 1.165) is 5.92 Å². The minimum Gasteiger partial charge on any atom is -0.289 e. The Morgan fingerprint density at radius 1 is 1.12 bits per heavy atom. The van der Waals surface area contributed by atoms with Crippen LogP contribution in [0.1, 0.15) is 37.2 Å². The topological polar surface area (TPSA) is 12.4 Å². The molecule has 17 heavy (non-hydrogen) atoms. The number of hydrogen-bond donors (Lipinski definition) is 0. The fourth-order valence-electron chi connectivity index (χ4n) is 3.27. The van der Waals surface area contributed by atoms with Gasteiger partial charge in [0, 0.05) is 11.6 Å². The average Bonchev–Trinajstić information content (AvgIpc) is 2.81. The number of nitrogens with zero attached hydrogens (tertiary/aromatic N) is 1. The largest absolute Gasteiger partial charge is 0.289 e. The highest BCUT2D eigenvalue weighted by Gasteiger charge is 2.33. The van der Waals surface area contributed by atoms with Gasteiger partial charge in [0.15, 0.2) is 0 Å². The van der Waals surface area contributed by atoms with E-state index in [1.165, 1.54) is 37.0 Å². The number of hydrogen-bond acceptors (Lipinski definition) is 1. The zero-order valence-corrected chi connectivity index (χ0v) is 10.7. The third kappa shape index (κ3) is 2.26. The van der Waals surface area contributed by atoms with Gasteiger partial charge in [-0.3, -0.25) is 4.99 Å². The number of aliphatic imine (C=N–C) groups is 1. The van der Waals surface area contributed by atoms with E-state index < -0.39 is 0 Å². The van der Waals surface area contributed by atoms with Crippen LogP contribution in [0.5, 0.6) is 0 Å². The molecule has 0 radical (unpaired) electrons. The molecule has 1 aromatic carbocycles. The van der Waals surface area contributed by atoms with Crippen molar-refractivity contribution in [3.05, 3.63) is 35.9 Å². The summed E-state index contributed by atoms with van der Waals surface area (Å²) in [5.74, 6) is 2.13. The first-order valence-corrected chi connectivity index (χ1v) is 7.07. The van der Waals surface area contributed by atoms with Gasteiger partial charge < -0.3 is 0 Å². The van der Waals surface area contributed by atoms with E-state index >= 15 is 0 Å². The monoisotopic (exact) mass is 247 g/mol. The molecule has 3 atom stereocenters. The maximum Gasteiger partial charge on any atom is 0.0640 e. The van der Waals surface area contributed by atoms with Crippen molar-refractivity contribution in [1.82, 2.24) is 0 Å². The van der Waals surface area contributed by atoms with Crippen LogP contribution in [0.2, 0.25) is 0 Å². The van der Waals surface area contributed by atoms with Gasteiger partial charge in [-0.2, -0.15) is 0 Å². The zero-order chi connectivity index (χ0) is 11.7. The average molecular weight is 248 g/mol. The summed E-state index contributed by atoms with van der Waals surface area (Å²) in [5, 5.41) is 0. The van der Waals surface area contributed by atoms with Gasteiger partial charge in [0.25, 0.3) is 0 Å².